The Morgan fingerprint density at radius 1 is 1.71 bits per heavy atom. The number of aryl methyl sites for hydroxylation is 1. The van der Waals surface area contributed by atoms with Crippen LogP contribution in [-0.2, 0) is 11.2 Å². The van der Waals surface area contributed by atoms with Crippen molar-refractivity contribution < 1.29 is 14.4 Å². The van der Waals surface area contributed by atoms with E-state index < -0.39 is 6.04 Å². The Hall–Kier alpha value is -1.98. The fraction of sp³-hybridized carbons (Fsp3) is 0.455. The predicted molar refractivity (Wildman–Crippen MR) is 62.7 cm³/mol. The van der Waals surface area contributed by atoms with E-state index in [2.05, 4.69) is 10.5 Å². The van der Waals surface area contributed by atoms with Crippen LogP contribution in [0.1, 0.15) is 25.5 Å². The van der Waals surface area contributed by atoms with Gasteiger partial charge in [0.15, 0.2) is 5.84 Å². The molecular formula is C11H17N3O3. The first-order chi connectivity index (χ1) is 8.17. The lowest BCUT2D eigenvalue weighted by Crippen LogP contribution is -2.44. The fourth-order valence-corrected chi connectivity index (χ4v) is 1.41. The molecule has 0 aliphatic carbocycles. The molecule has 0 radical (unpaired) electrons. The second kappa shape index (κ2) is 6.57. The van der Waals surface area contributed by atoms with Crippen LogP contribution in [0.4, 0.5) is 0 Å². The van der Waals surface area contributed by atoms with Gasteiger partial charge in [-0.1, -0.05) is 12.1 Å². The smallest absolute Gasteiger partial charge is 0.221 e. The van der Waals surface area contributed by atoms with Gasteiger partial charge in [-0.05, 0) is 18.6 Å². The Labute approximate surface area is 99.5 Å². The van der Waals surface area contributed by atoms with Gasteiger partial charge < -0.3 is 20.7 Å². The van der Waals surface area contributed by atoms with E-state index >= 15 is 0 Å². The Balaban J connectivity index is 2.38. The summed E-state index contributed by atoms with van der Waals surface area (Å²) in [5.41, 5.74) is 5.43. The standard InChI is InChI=1S/C11H17N3O3/c1-2-9(11(12)14-16)13-10(15)6-5-8-4-3-7-17-8/h3-4,7,9,16H,2,5-6H2,1H3,(H2,12,14)(H,13,15). The van der Waals surface area contributed by atoms with Crippen LogP contribution in [0.15, 0.2) is 28.0 Å². The van der Waals surface area contributed by atoms with Crippen LogP contribution < -0.4 is 11.1 Å². The maximum Gasteiger partial charge on any atom is 0.221 e. The zero-order chi connectivity index (χ0) is 12.7. The van der Waals surface area contributed by atoms with E-state index in [-0.39, 0.29) is 11.7 Å². The number of hydrogen-bond acceptors (Lipinski definition) is 4. The molecule has 0 saturated heterocycles. The van der Waals surface area contributed by atoms with Gasteiger partial charge in [-0.2, -0.15) is 0 Å². The third-order valence-corrected chi connectivity index (χ3v) is 2.39. The average Bonchev–Trinajstić information content (AvgIpc) is 2.85. The molecule has 0 bridgehead atoms. The Bertz CT molecular complexity index is 373. The third kappa shape index (κ3) is 4.18. The van der Waals surface area contributed by atoms with Crippen LogP contribution in [-0.4, -0.2) is 23.0 Å². The van der Waals surface area contributed by atoms with Crippen molar-refractivity contribution in [3.63, 3.8) is 0 Å². The van der Waals surface area contributed by atoms with E-state index in [4.69, 9.17) is 15.4 Å². The van der Waals surface area contributed by atoms with Crippen molar-refractivity contribution >= 4 is 11.7 Å². The molecule has 1 aromatic rings. The monoisotopic (exact) mass is 239 g/mol. The highest BCUT2D eigenvalue weighted by atomic mass is 16.4. The second-order valence-electron chi connectivity index (χ2n) is 3.63. The zero-order valence-electron chi connectivity index (χ0n) is 9.72. The van der Waals surface area contributed by atoms with Crippen molar-refractivity contribution in [2.24, 2.45) is 10.9 Å². The van der Waals surface area contributed by atoms with E-state index in [1.165, 1.54) is 0 Å². The number of amidine groups is 1. The van der Waals surface area contributed by atoms with Gasteiger partial charge >= 0.3 is 0 Å². The van der Waals surface area contributed by atoms with Crippen LogP contribution >= 0.6 is 0 Å². The molecule has 6 heteroatoms. The maximum absolute atomic E-state index is 11.6. The third-order valence-electron chi connectivity index (χ3n) is 2.39. The summed E-state index contributed by atoms with van der Waals surface area (Å²) in [4.78, 5) is 11.6. The highest BCUT2D eigenvalue weighted by Crippen LogP contribution is 2.03. The molecule has 6 nitrogen and oxygen atoms in total. The molecule has 0 spiro atoms. The molecule has 0 fully saturated rings. The highest BCUT2D eigenvalue weighted by molar-refractivity contribution is 5.89. The van der Waals surface area contributed by atoms with Crippen LogP contribution in [0.3, 0.4) is 0 Å². The molecule has 1 unspecified atom stereocenters. The number of amides is 1. The van der Waals surface area contributed by atoms with Crippen molar-refractivity contribution in [3.05, 3.63) is 24.2 Å². The number of nitrogens with one attached hydrogen (secondary N) is 1. The van der Waals surface area contributed by atoms with Gasteiger partial charge in [0.05, 0.1) is 12.3 Å². The number of carbonyl (C=O) groups is 1. The lowest BCUT2D eigenvalue weighted by Gasteiger charge is -2.14. The number of rotatable bonds is 6. The van der Waals surface area contributed by atoms with Gasteiger partial charge in [-0.3, -0.25) is 4.79 Å². The number of furan rings is 1. The van der Waals surface area contributed by atoms with Crippen molar-refractivity contribution in [2.45, 2.75) is 32.2 Å². The summed E-state index contributed by atoms with van der Waals surface area (Å²) in [5.74, 6) is 0.621. The predicted octanol–water partition coefficient (Wildman–Crippen LogP) is 0.853. The Morgan fingerprint density at radius 3 is 3.00 bits per heavy atom. The fourth-order valence-electron chi connectivity index (χ4n) is 1.41. The van der Waals surface area contributed by atoms with Crippen LogP contribution in [0.2, 0.25) is 0 Å². The SMILES string of the molecule is CCC(NC(=O)CCc1ccco1)/C(N)=N/O. The minimum atomic E-state index is -0.427. The molecule has 1 heterocycles. The van der Waals surface area contributed by atoms with E-state index in [9.17, 15) is 4.79 Å². The Morgan fingerprint density at radius 2 is 2.47 bits per heavy atom. The minimum absolute atomic E-state index is 0.0128. The first kappa shape index (κ1) is 13.1. The Kier molecular flexibility index (Phi) is 5.06. The molecule has 0 aliphatic heterocycles. The second-order valence-corrected chi connectivity index (χ2v) is 3.63. The topological polar surface area (TPSA) is 101 Å². The van der Waals surface area contributed by atoms with Crippen molar-refractivity contribution in [3.8, 4) is 0 Å². The minimum Gasteiger partial charge on any atom is -0.469 e. The van der Waals surface area contributed by atoms with Gasteiger partial charge in [0.25, 0.3) is 0 Å². The molecule has 0 aliphatic rings. The van der Waals surface area contributed by atoms with E-state index in [1.807, 2.05) is 13.0 Å². The van der Waals surface area contributed by atoms with Gasteiger partial charge in [0.1, 0.15) is 5.76 Å². The molecule has 4 N–H and O–H groups in total. The van der Waals surface area contributed by atoms with Crippen LogP contribution in [0, 0.1) is 0 Å². The summed E-state index contributed by atoms with van der Waals surface area (Å²) in [5, 5.41) is 14.1. The molecule has 1 rings (SSSR count). The zero-order valence-corrected chi connectivity index (χ0v) is 9.72. The molecule has 1 atom stereocenters. The molecule has 94 valence electrons. The molecule has 1 aromatic heterocycles. The van der Waals surface area contributed by atoms with Crippen molar-refractivity contribution in [2.75, 3.05) is 0 Å². The summed E-state index contributed by atoms with van der Waals surface area (Å²) in [6.45, 7) is 1.84. The number of nitrogens with two attached hydrogens (primary N) is 1. The van der Waals surface area contributed by atoms with Gasteiger partial charge in [0, 0.05) is 12.8 Å². The largest absolute Gasteiger partial charge is 0.469 e. The number of hydrogen-bond donors (Lipinski definition) is 3. The summed E-state index contributed by atoms with van der Waals surface area (Å²) < 4.78 is 5.12. The summed E-state index contributed by atoms with van der Waals surface area (Å²) in [6.07, 6.45) is 2.98. The normalized spacial score (nSPS) is 13.4. The van der Waals surface area contributed by atoms with Gasteiger partial charge in [0.2, 0.25) is 5.91 Å². The molecular weight excluding hydrogens is 222 g/mol. The van der Waals surface area contributed by atoms with Gasteiger partial charge in [-0.15, -0.1) is 0 Å². The first-order valence-electron chi connectivity index (χ1n) is 5.46. The molecule has 17 heavy (non-hydrogen) atoms. The van der Waals surface area contributed by atoms with E-state index in [1.54, 1.807) is 12.3 Å². The molecule has 1 amide bonds. The quantitative estimate of drug-likeness (QED) is 0.296. The number of carbonyl (C=O) groups excluding carboxylic acids is 1. The van der Waals surface area contributed by atoms with Crippen LogP contribution in [0.25, 0.3) is 0 Å². The maximum atomic E-state index is 11.6. The van der Waals surface area contributed by atoms with Crippen molar-refractivity contribution in [1.82, 2.24) is 5.32 Å². The summed E-state index contributed by atoms with van der Waals surface area (Å²) in [6, 6.07) is 3.16. The summed E-state index contributed by atoms with van der Waals surface area (Å²) in [7, 11) is 0. The summed E-state index contributed by atoms with van der Waals surface area (Å²) >= 11 is 0. The molecule has 0 saturated carbocycles. The van der Waals surface area contributed by atoms with Gasteiger partial charge in [-0.25, -0.2) is 0 Å². The first-order valence-corrected chi connectivity index (χ1v) is 5.46. The highest BCUT2D eigenvalue weighted by Gasteiger charge is 2.14. The lowest BCUT2D eigenvalue weighted by molar-refractivity contribution is -0.121. The number of nitrogens with zero attached hydrogens (tertiary/aromatic N) is 1. The number of oxime groups is 1. The average molecular weight is 239 g/mol. The van der Waals surface area contributed by atoms with E-state index in [0.29, 0.717) is 19.3 Å². The van der Waals surface area contributed by atoms with Crippen LogP contribution in [0.5, 0.6) is 0 Å². The lowest BCUT2D eigenvalue weighted by atomic mass is 10.2. The molecule has 0 aromatic carbocycles. The van der Waals surface area contributed by atoms with E-state index in [0.717, 1.165) is 5.76 Å². The van der Waals surface area contributed by atoms with Crippen molar-refractivity contribution in [1.29, 1.82) is 0 Å².